The van der Waals surface area contributed by atoms with E-state index in [9.17, 15) is 5.11 Å². The molecule has 0 bridgehead atoms. The van der Waals surface area contributed by atoms with Gasteiger partial charge in [-0.25, -0.2) is 0 Å². The van der Waals surface area contributed by atoms with Gasteiger partial charge < -0.3 is 14.6 Å². The van der Waals surface area contributed by atoms with Gasteiger partial charge >= 0.3 is 0 Å². The number of allylic oxidation sites excluding steroid dienone is 1. The molecule has 0 aromatic heterocycles. The first kappa shape index (κ1) is 17.7. The van der Waals surface area contributed by atoms with E-state index in [-0.39, 0.29) is 28.1 Å². The maximum Gasteiger partial charge on any atom is 0.174 e. The number of hydrogen-bond donors (Lipinski definition) is 1. The van der Waals surface area contributed by atoms with E-state index >= 15 is 0 Å². The normalized spacial score (nSPS) is 55.2. The molecular formula is C23H36O3. The van der Waals surface area contributed by atoms with Crippen LogP contribution in [0, 0.1) is 27.6 Å². The Hall–Kier alpha value is -0.380. The third kappa shape index (κ3) is 1.77. The van der Waals surface area contributed by atoms with Crippen molar-refractivity contribution >= 4 is 0 Å². The molecule has 0 radical (unpaired) electrons. The Kier molecular flexibility index (Phi) is 3.51. The fraction of sp³-hybridized carbons (Fsp3) is 0.913. The lowest BCUT2D eigenvalue weighted by atomic mass is 9.37. The molecular weight excluding hydrogens is 324 g/mol. The van der Waals surface area contributed by atoms with Gasteiger partial charge in [0, 0.05) is 11.8 Å². The van der Waals surface area contributed by atoms with E-state index in [4.69, 9.17) is 9.47 Å². The van der Waals surface area contributed by atoms with Crippen LogP contribution in [0.1, 0.15) is 79.1 Å². The van der Waals surface area contributed by atoms with Crippen LogP contribution in [0.15, 0.2) is 11.6 Å². The van der Waals surface area contributed by atoms with Gasteiger partial charge in [0.25, 0.3) is 0 Å². The molecule has 5 aliphatic rings. The van der Waals surface area contributed by atoms with Gasteiger partial charge in [-0.2, -0.15) is 0 Å². The third-order valence-electron chi connectivity index (χ3n) is 10.5. The molecule has 0 aromatic carbocycles. The molecule has 3 nitrogen and oxygen atoms in total. The molecule has 1 unspecified atom stereocenters. The van der Waals surface area contributed by atoms with Gasteiger partial charge in [0.2, 0.25) is 0 Å². The topological polar surface area (TPSA) is 38.7 Å². The molecule has 3 heteroatoms. The maximum atomic E-state index is 10.2. The third-order valence-corrected chi connectivity index (χ3v) is 10.5. The molecule has 146 valence electrons. The fourth-order valence-electron chi connectivity index (χ4n) is 8.35. The molecule has 1 aliphatic heterocycles. The summed E-state index contributed by atoms with van der Waals surface area (Å²) in [6.07, 6.45) is 11.3. The average Bonchev–Trinajstić information content (AvgIpc) is 3.17. The predicted molar refractivity (Wildman–Crippen MR) is 102 cm³/mol. The van der Waals surface area contributed by atoms with Crippen LogP contribution in [0.4, 0.5) is 0 Å². The average molecular weight is 361 g/mol. The first-order chi connectivity index (χ1) is 12.2. The Bertz CT molecular complexity index is 650. The molecule has 0 amide bonds. The number of hydrogen-bond acceptors (Lipinski definition) is 3. The minimum absolute atomic E-state index is 0.108. The molecule has 4 aliphatic carbocycles. The summed E-state index contributed by atoms with van der Waals surface area (Å²) in [5, 5.41) is 10.2. The van der Waals surface area contributed by atoms with Gasteiger partial charge in [-0.05, 0) is 67.1 Å². The minimum Gasteiger partial charge on any atom is -0.393 e. The van der Waals surface area contributed by atoms with Crippen molar-refractivity contribution in [2.24, 2.45) is 27.6 Å². The summed E-state index contributed by atoms with van der Waals surface area (Å²) in [5.74, 6) is 0.335. The van der Waals surface area contributed by atoms with Gasteiger partial charge in [-0.15, -0.1) is 0 Å². The van der Waals surface area contributed by atoms with Crippen molar-refractivity contribution in [2.45, 2.75) is 91.0 Å². The minimum atomic E-state index is -0.337. The smallest absolute Gasteiger partial charge is 0.174 e. The van der Waals surface area contributed by atoms with E-state index in [1.54, 1.807) is 5.57 Å². The highest BCUT2D eigenvalue weighted by molar-refractivity contribution is 5.31. The van der Waals surface area contributed by atoms with Crippen LogP contribution in [0.3, 0.4) is 0 Å². The van der Waals surface area contributed by atoms with Crippen molar-refractivity contribution in [3.63, 3.8) is 0 Å². The highest BCUT2D eigenvalue weighted by Crippen LogP contribution is 2.77. The number of aliphatic hydroxyl groups excluding tert-OH is 1. The summed E-state index contributed by atoms with van der Waals surface area (Å²) in [7, 11) is 0. The van der Waals surface area contributed by atoms with Gasteiger partial charge in [-0.3, -0.25) is 0 Å². The van der Waals surface area contributed by atoms with Crippen LogP contribution in [-0.2, 0) is 9.47 Å². The van der Waals surface area contributed by atoms with Crippen LogP contribution in [0.25, 0.3) is 0 Å². The summed E-state index contributed by atoms with van der Waals surface area (Å²) >= 11 is 0. The van der Waals surface area contributed by atoms with E-state index in [2.05, 4.69) is 33.8 Å². The van der Waals surface area contributed by atoms with Gasteiger partial charge in [0.1, 0.15) is 0 Å². The van der Waals surface area contributed by atoms with Gasteiger partial charge in [0.05, 0.1) is 19.3 Å². The molecule has 1 heterocycles. The Labute approximate surface area is 158 Å². The lowest BCUT2D eigenvalue weighted by Gasteiger charge is -2.68. The van der Waals surface area contributed by atoms with Gasteiger partial charge in [0.15, 0.2) is 5.79 Å². The molecule has 3 saturated carbocycles. The van der Waals surface area contributed by atoms with E-state index in [0.717, 1.165) is 45.3 Å². The molecule has 26 heavy (non-hydrogen) atoms. The van der Waals surface area contributed by atoms with Gasteiger partial charge in [-0.1, -0.05) is 39.3 Å². The first-order valence-corrected chi connectivity index (χ1v) is 10.9. The number of aliphatic hydroxyl groups is 1. The molecule has 1 spiro atoms. The lowest BCUT2D eigenvalue weighted by Crippen LogP contribution is -2.63. The summed E-state index contributed by atoms with van der Waals surface area (Å²) in [5.41, 5.74) is 2.47. The van der Waals surface area contributed by atoms with Crippen LogP contribution < -0.4 is 0 Å². The van der Waals surface area contributed by atoms with Crippen LogP contribution >= 0.6 is 0 Å². The highest BCUT2D eigenvalue weighted by atomic mass is 16.7. The van der Waals surface area contributed by atoms with Crippen molar-refractivity contribution in [3.05, 3.63) is 11.6 Å². The largest absolute Gasteiger partial charge is 0.393 e. The monoisotopic (exact) mass is 360 g/mol. The lowest BCUT2D eigenvalue weighted by molar-refractivity contribution is -0.271. The molecule has 0 aromatic rings. The second kappa shape index (κ2) is 5.15. The Morgan fingerprint density at radius 3 is 2.35 bits per heavy atom. The Balaban J connectivity index is 1.59. The zero-order valence-electron chi connectivity index (χ0n) is 17.1. The van der Waals surface area contributed by atoms with Crippen molar-refractivity contribution in [1.29, 1.82) is 0 Å². The standard InChI is InChI=1S/C23H36O3/c1-19-8-7-17(24)15-16(19)5-6-18-20(19,2)9-11-22(4)21(18,3)10-12-23(22)25-13-14-26-23/h5,17-18,24H,6-15H2,1-4H3/t17-,18?,19-,20-,21-,22-/m0/s1. The Morgan fingerprint density at radius 1 is 0.923 bits per heavy atom. The number of ether oxygens (including phenoxy) is 2. The van der Waals surface area contributed by atoms with Crippen LogP contribution in [0.5, 0.6) is 0 Å². The number of rotatable bonds is 0. The van der Waals surface area contributed by atoms with Crippen LogP contribution in [0.2, 0.25) is 0 Å². The van der Waals surface area contributed by atoms with Crippen molar-refractivity contribution < 1.29 is 14.6 Å². The molecule has 1 N–H and O–H groups in total. The Morgan fingerprint density at radius 2 is 1.62 bits per heavy atom. The quantitative estimate of drug-likeness (QED) is 0.629. The van der Waals surface area contributed by atoms with Crippen molar-refractivity contribution in [1.82, 2.24) is 0 Å². The first-order valence-electron chi connectivity index (χ1n) is 10.9. The zero-order valence-corrected chi connectivity index (χ0v) is 17.1. The molecule has 5 rings (SSSR count). The van der Waals surface area contributed by atoms with E-state index in [1.165, 1.54) is 19.3 Å². The summed E-state index contributed by atoms with van der Waals surface area (Å²) in [6.45, 7) is 11.6. The zero-order chi connectivity index (χ0) is 18.4. The van der Waals surface area contributed by atoms with E-state index in [0.29, 0.717) is 11.3 Å². The second-order valence-electron chi connectivity index (χ2n) is 10.9. The second-order valence-corrected chi connectivity index (χ2v) is 10.9. The van der Waals surface area contributed by atoms with E-state index in [1.807, 2.05) is 0 Å². The molecule has 4 fully saturated rings. The maximum absolute atomic E-state index is 10.2. The predicted octanol–water partition coefficient (Wildman–Crippen LogP) is 4.83. The number of fused-ring (bicyclic) bond motifs is 6. The van der Waals surface area contributed by atoms with Crippen molar-refractivity contribution in [2.75, 3.05) is 13.2 Å². The van der Waals surface area contributed by atoms with Crippen LogP contribution in [-0.4, -0.2) is 30.2 Å². The summed E-state index contributed by atoms with van der Waals surface area (Å²) in [4.78, 5) is 0. The SMILES string of the molecule is C[C@]12CC[C@H](O)CC1=CCC1[C@]2(C)CC[C@]2(C)C3(CC[C@@]12C)OCCO3. The highest BCUT2D eigenvalue weighted by Gasteiger charge is 2.74. The summed E-state index contributed by atoms with van der Waals surface area (Å²) in [6, 6.07) is 0. The molecule has 6 atom stereocenters. The molecule has 1 saturated heterocycles. The summed E-state index contributed by atoms with van der Waals surface area (Å²) < 4.78 is 12.7. The van der Waals surface area contributed by atoms with E-state index < -0.39 is 0 Å². The van der Waals surface area contributed by atoms with Crippen molar-refractivity contribution in [3.8, 4) is 0 Å². The fourth-order valence-corrected chi connectivity index (χ4v) is 8.35.